The maximum atomic E-state index is 12.4. The van der Waals surface area contributed by atoms with Gasteiger partial charge in [0.25, 0.3) is 0 Å². The fourth-order valence-electron chi connectivity index (χ4n) is 1.05. The van der Waals surface area contributed by atoms with E-state index in [4.69, 9.17) is 23.2 Å². The quantitative estimate of drug-likeness (QED) is 0.809. The highest BCUT2D eigenvalue weighted by atomic mass is 35.5. The SMILES string of the molecule is FC(F)(F)c1cncc(-c2nc(Cl)nc(Cl)n2)n1. The number of alkyl halides is 3. The van der Waals surface area contributed by atoms with Crippen LogP contribution in [-0.4, -0.2) is 24.9 Å². The first-order chi connectivity index (χ1) is 8.36. The van der Waals surface area contributed by atoms with Crippen LogP contribution in [0.4, 0.5) is 13.2 Å². The predicted octanol–water partition coefficient (Wildman–Crippen LogP) is 2.65. The fourth-order valence-corrected chi connectivity index (χ4v) is 1.41. The van der Waals surface area contributed by atoms with Crippen LogP contribution in [0.5, 0.6) is 0 Å². The highest BCUT2D eigenvalue weighted by molar-refractivity contribution is 6.31. The molecular weight excluding hydrogens is 294 g/mol. The first-order valence-electron chi connectivity index (χ1n) is 4.33. The Morgan fingerprint density at radius 2 is 1.50 bits per heavy atom. The molecule has 0 atom stereocenters. The van der Waals surface area contributed by atoms with E-state index in [0.717, 1.165) is 6.20 Å². The molecule has 5 nitrogen and oxygen atoms in total. The van der Waals surface area contributed by atoms with Crippen molar-refractivity contribution >= 4 is 23.2 Å². The molecule has 0 aliphatic heterocycles. The fraction of sp³-hybridized carbons (Fsp3) is 0.125. The minimum Gasteiger partial charge on any atom is -0.260 e. The lowest BCUT2D eigenvalue weighted by Crippen LogP contribution is -2.09. The third-order valence-corrected chi connectivity index (χ3v) is 2.07. The zero-order chi connectivity index (χ0) is 13.3. The van der Waals surface area contributed by atoms with E-state index in [-0.39, 0.29) is 22.1 Å². The molecule has 0 amide bonds. The average Bonchev–Trinajstić information content (AvgIpc) is 2.27. The normalized spacial score (nSPS) is 11.6. The first kappa shape index (κ1) is 12.9. The van der Waals surface area contributed by atoms with Gasteiger partial charge in [-0.15, -0.1) is 0 Å². The molecule has 0 aliphatic carbocycles. The number of aromatic nitrogens is 5. The van der Waals surface area contributed by atoms with Gasteiger partial charge in [-0.25, -0.2) is 4.98 Å². The van der Waals surface area contributed by atoms with Gasteiger partial charge in [0, 0.05) is 0 Å². The van der Waals surface area contributed by atoms with Crippen LogP contribution < -0.4 is 0 Å². The summed E-state index contributed by atoms with van der Waals surface area (Å²) in [6.07, 6.45) is -2.95. The molecule has 18 heavy (non-hydrogen) atoms. The van der Waals surface area contributed by atoms with Gasteiger partial charge >= 0.3 is 6.18 Å². The predicted molar refractivity (Wildman–Crippen MR) is 55.9 cm³/mol. The highest BCUT2D eigenvalue weighted by Crippen LogP contribution is 2.28. The molecule has 2 aromatic heterocycles. The van der Waals surface area contributed by atoms with E-state index in [2.05, 4.69) is 24.9 Å². The molecule has 0 saturated carbocycles. The van der Waals surface area contributed by atoms with Gasteiger partial charge in [-0.3, -0.25) is 4.98 Å². The Morgan fingerprint density at radius 3 is 2.06 bits per heavy atom. The Balaban J connectivity index is 2.51. The Bertz CT molecular complexity index is 569. The van der Waals surface area contributed by atoms with Crippen LogP contribution in [0.25, 0.3) is 11.5 Å². The summed E-state index contributed by atoms with van der Waals surface area (Å²) in [6, 6.07) is 0. The topological polar surface area (TPSA) is 64.5 Å². The molecule has 2 aromatic rings. The summed E-state index contributed by atoms with van der Waals surface area (Å²) in [5, 5.41) is -0.492. The van der Waals surface area contributed by atoms with E-state index in [9.17, 15) is 13.2 Å². The Kier molecular flexibility index (Phi) is 3.31. The van der Waals surface area contributed by atoms with E-state index in [1.807, 2.05) is 0 Å². The summed E-state index contributed by atoms with van der Waals surface area (Å²) < 4.78 is 37.3. The zero-order valence-corrected chi connectivity index (χ0v) is 9.79. The number of hydrogen-bond donors (Lipinski definition) is 0. The number of halogens is 5. The largest absolute Gasteiger partial charge is 0.434 e. The molecule has 0 unspecified atom stereocenters. The Labute approximate surface area is 108 Å². The molecule has 0 saturated heterocycles. The number of nitrogens with zero attached hydrogens (tertiary/aromatic N) is 5. The molecule has 0 aromatic carbocycles. The zero-order valence-electron chi connectivity index (χ0n) is 8.28. The highest BCUT2D eigenvalue weighted by Gasteiger charge is 2.33. The van der Waals surface area contributed by atoms with Crippen molar-refractivity contribution in [2.75, 3.05) is 0 Å². The van der Waals surface area contributed by atoms with Crippen LogP contribution in [0.1, 0.15) is 5.69 Å². The van der Waals surface area contributed by atoms with Gasteiger partial charge in [-0.05, 0) is 23.2 Å². The molecule has 0 bridgehead atoms. The molecule has 2 rings (SSSR count). The van der Waals surface area contributed by atoms with Crippen molar-refractivity contribution in [2.45, 2.75) is 6.18 Å². The lowest BCUT2D eigenvalue weighted by molar-refractivity contribution is -0.141. The van der Waals surface area contributed by atoms with Crippen molar-refractivity contribution in [2.24, 2.45) is 0 Å². The molecule has 0 aliphatic rings. The monoisotopic (exact) mass is 295 g/mol. The molecular formula is C8H2Cl2F3N5. The Hall–Kier alpha value is -1.54. The van der Waals surface area contributed by atoms with Gasteiger partial charge in [-0.1, -0.05) is 0 Å². The Morgan fingerprint density at radius 1 is 0.889 bits per heavy atom. The van der Waals surface area contributed by atoms with Gasteiger partial charge in [0.1, 0.15) is 5.69 Å². The second kappa shape index (κ2) is 4.62. The van der Waals surface area contributed by atoms with Crippen molar-refractivity contribution in [1.29, 1.82) is 0 Å². The van der Waals surface area contributed by atoms with Crippen LogP contribution in [0, 0.1) is 0 Å². The molecule has 10 heteroatoms. The van der Waals surface area contributed by atoms with Crippen molar-refractivity contribution < 1.29 is 13.2 Å². The van der Waals surface area contributed by atoms with Crippen molar-refractivity contribution in [3.63, 3.8) is 0 Å². The van der Waals surface area contributed by atoms with E-state index in [0.29, 0.717) is 6.20 Å². The van der Waals surface area contributed by atoms with Crippen LogP contribution in [-0.2, 0) is 6.18 Å². The van der Waals surface area contributed by atoms with Crippen LogP contribution in [0.3, 0.4) is 0 Å². The van der Waals surface area contributed by atoms with Gasteiger partial charge in [-0.2, -0.15) is 28.1 Å². The third-order valence-electron chi connectivity index (χ3n) is 1.73. The summed E-state index contributed by atoms with van der Waals surface area (Å²) in [5.41, 5.74) is -1.36. The van der Waals surface area contributed by atoms with Crippen molar-refractivity contribution in [1.82, 2.24) is 24.9 Å². The summed E-state index contributed by atoms with van der Waals surface area (Å²) in [7, 11) is 0. The van der Waals surface area contributed by atoms with E-state index in [1.165, 1.54) is 0 Å². The third kappa shape index (κ3) is 2.82. The molecule has 0 radical (unpaired) electrons. The molecule has 2 heterocycles. The van der Waals surface area contributed by atoms with Gasteiger partial charge in [0.05, 0.1) is 12.4 Å². The average molecular weight is 296 g/mol. The maximum Gasteiger partial charge on any atom is 0.434 e. The molecule has 94 valence electrons. The minimum atomic E-state index is -4.61. The lowest BCUT2D eigenvalue weighted by Gasteiger charge is -2.06. The second-order valence-electron chi connectivity index (χ2n) is 2.98. The molecule has 0 N–H and O–H groups in total. The summed E-state index contributed by atoms with van der Waals surface area (Å²) in [5.74, 6) is -0.182. The van der Waals surface area contributed by atoms with Crippen LogP contribution in [0.2, 0.25) is 10.6 Å². The van der Waals surface area contributed by atoms with E-state index >= 15 is 0 Å². The van der Waals surface area contributed by atoms with Gasteiger partial charge in [0.2, 0.25) is 10.6 Å². The number of rotatable bonds is 1. The smallest absolute Gasteiger partial charge is 0.260 e. The van der Waals surface area contributed by atoms with E-state index < -0.39 is 11.9 Å². The summed E-state index contributed by atoms with van der Waals surface area (Å²) in [6.45, 7) is 0. The standard InChI is InChI=1S/C8H2Cl2F3N5/c9-6-16-5(17-7(10)18-6)3-1-14-2-4(15-3)8(11,12)13/h1-2H. The maximum absolute atomic E-state index is 12.4. The number of hydrogen-bond acceptors (Lipinski definition) is 5. The van der Waals surface area contributed by atoms with Crippen LogP contribution >= 0.6 is 23.2 Å². The van der Waals surface area contributed by atoms with E-state index in [1.54, 1.807) is 0 Å². The van der Waals surface area contributed by atoms with Crippen molar-refractivity contribution in [3.05, 3.63) is 28.7 Å². The summed E-state index contributed by atoms with van der Waals surface area (Å²) >= 11 is 11.0. The summed E-state index contributed by atoms with van der Waals surface area (Å²) in [4.78, 5) is 17.5. The van der Waals surface area contributed by atoms with Crippen LogP contribution in [0.15, 0.2) is 12.4 Å². The molecule has 0 fully saturated rings. The first-order valence-corrected chi connectivity index (χ1v) is 5.08. The van der Waals surface area contributed by atoms with Gasteiger partial charge in [0.15, 0.2) is 11.5 Å². The van der Waals surface area contributed by atoms with Crippen molar-refractivity contribution in [3.8, 4) is 11.5 Å². The van der Waals surface area contributed by atoms with Gasteiger partial charge < -0.3 is 0 Å². The minimum absolute atomic E-state index is 0.182. The lowest BCUT2D eigenvalue weighted by atomic mass is 10.3. The molecule has 0 spiro atoms. The second-order valence-corrected chi connectivity index (χ2v) is 3.66.